The average Bonchev–Trinajstić information content (AvgIpc) is 2.84. The Morgan fingerprint density at radius 2 is 1.73 bits per heavy atom. The highest BCUT2D eigenvalue weighted by atomic mass is 19.4. The summed E-state index contributed by atoms with van der Waals surface area (Å²) < 4.78 is 38.1. The van der Waals surface area contributed by atoms with Crippen LogP contribution in [0.4, 0.5) is 18.9 Å². The number of hydrogen-bond donors (Lipinski definition) is 1. The van der Waals surface area contributed by atoms with E-state index in [1.165, 1.54) is 12.1 Å². The van der Waals surface area contributed by atoms with Gasteiger partial charge in [0.1, 0.15) is 0 Å². The lowest BCUT2D eigenvalue weighted by molar-refractivity contribution is -0.140. The Kier molecular flexibility index (Phi) is 5.02. The Morgan fingerprint density at radius 3 is 2.31 bits per heavy atom. The molecule has 8 heteroatoms. The van der Waals surface area contributed by atoms with Crippen LogP contribution in [-0.4, -0.2) is 29.2 Å². The van der Waals surface area contributed by atoms with Crippen LogP contribution in [0.25, 0.3) is 0 Å². The molecule has 0 bridgehead atoms. The third-order valence-electron chi connectivity index (χ3n) is 4.97. The molecule has 1 saturated carbocycles. The molecule has 1 aromatic carbocycles. The van der Waals surface area contributed by atoms with Crippen LogP contribution in [0.5, 0.6) is 0 Å². The summed E-state index contributed by atoms with van der Waals surface area (Å²) in [6.45, 7) is -0.0462. The maximum atomic E-state index is 12.7. The van der Waals surface area contributed by atoms with Crippen molar-refractivity contribution in [3.8, 4) is 0 Å². The topological polar surface area (TPSA) is 66.5 Å². The molecule has 2 aliphatic rings. The second-order valence-corrected chi connectivity index (χ2v) is 6.70. The molecule has 3 amide bonds. The number of amides is 3. The second kappa shape index (κ2) is 7.09. The smallest absolute Gasteiger partial charge is 0.326 e. The van der Waals surface area contributed by atoms with E-state index < -0.39 is 17.6 Å². The molecule has 5 nitrogen and oxygen atoms in total. The van der Waals surface area contributed by atoms with Gasteiger partial charge in [-0.15, -0.1) is 0 Å². The van der Waals surface area contributed by atoms with E-state index in [0.29, 0.717) is 12.8 Å². The number of halogens is 3. The zero-order valence-electron chi connectivity index (χ0n) is 14.0. The minimum absolute atomic E-state index is 0.0255. The summed E-state index contributed by atoms with van der Waals surface area (Å²) in [4.78, 5) is 37.8. The number of hydrogen-bond acceptors (Lipinski definition) is 3. The highest BCUT2D eigenvalue weighted by molar-refractivity contribution is 6.05. The molecule has 1 aliphatic heterocycles. The summed E-state index contributed by atoms with van der Waals surface area (Å²) in [5.74, 6) is -1.55. The van der Waals surface area contributed by atoms with E-state index >= 15 is 0 Å². The quantitative estimate of drug-likeness (QED) is 0.830. The number of carbonyl (C=O) groups is 3. The first-order chi connectivity index (χ1) is 12.3. The van der Waals surface area contributed by atoms with Gasteiger partial charge in [0.2, 0.25) is 17.7 Å². The van der Waals surface area contributed by atoms with Gasteiger partial charge in [-0.1, -0.05) is 18.9 Å². The Balaban J connectivity index is 1.58. The molecule has 0 radical (unpaired) electrons. The van der Waals surface area contributed by atoms with Gasteiger partial charge in [-0.25, -0.2) is 0 Å². The van der Waals surface area contributed by atoms with Crippen molar-refractivity contribution < 1.29 is 27.6 Å². The van der Waals surface area contributed by atoms with Crippen molar-refractivity contribution in [1.29, 1.82) is 0 Å². The number of fused-ring (bicyclic) bond motifs is 1. The number of carbonyl (C=O) groups excluding carboxylic acids is 3. The molecule has 0 aromatic heterocycles. The van der Waals surface area contributed by atoms with Gasteiger partial charge in [0.25, 0.3) is 0 Å². The molecule has 26 heavy (non-hydrogen) atoms. The van der Waals surface area contributed by atoms with Gasteiger partial charge in [0.15, 0.2) is 0 Å². The first-order valence-corrected chi connectivity index (χ1v) is 8.59. The van der Waals surface area contributed by atoms with Crippen LogP contribution in [0.2, 0.25) is 0 Å². The van der Waals surface area contributed by atoms with Gasteiger partial charge in [-0.3, -0.25) is 19.3 Å². The number of imide groups is 1. The van der Waals surface area contributed by atoms with Crippen molar-refractivity contribution in [3.05, 3.63) is 29.8 Å². The Bertz CT molecular complexity index is 709. The molecule has 2 unspecified atom stereocenters. The molecule has 140 valence electrons. The summed E-state index contributed by atoms with van der Waals surface area (Å²) in [5.41, 5.74) is -0.832. The predicted molar refractivity (Wildman–Crippen MR) is 86.9 cm³/mol. The minimum atomic E-state index is -4.49. The van der Waals surface area contributed by atoms with Crippen LogP contribution < -0.4 is 5.32 Å². The first kappa shape index (κ1) is 18.4. The third kappa shape index (κ3) is 3.73. The van der Waals surface area contributed by atoms with E-state index in [-0.39, 0.29) is 42.3 Å². The summed E-state index contributed by atoms with van der Waals surface area (Å²) >= 11 is 0. The molecular weight excluding hydrogens is 349 g/mol. The molecular formula is C18H19F3N2O3. The molecule has 0 spiro atoms. The van der Waals surface area contributed by atoms with Crippen molar-refractivity contribution in [2.75, 3.05) is 11.9 Å². The van der Waals surface area contributed by atoms with Crippen molar-refractivity contribution in [2.45, 2.75) is 38.3 Å². The maximum absolute atomic E-state index is 12.7. The second-order valence-electron chi connectivity index (χ2n) is 6.70. The van der Waals surface area contributed by atoms with Gasteiger partial charge >= 0.3 is 6.18 Å². The standard InChI is InChI=1S/C18H19F3N2O3/c19-18(20,21)11-4-3-5-12(10-11)22-15(24)8-9-23-16(25)13-6-1-2-7-14(13)17(23)26/h3-5,10,13-14H,1-2,6-9H2,(H,22,24). The number of nitrogens with one attached hydrogen (secondary N) is 1. The maximum Gasteiger partial charge on any atom is 0.416 e. The molecule has 2 fully saturated rings. The Morgan fingerprint density at radius 1 is 1.12 bits per heavy atom. The molecule has 1 aromatic rings. The third-order valence-corrected chi connectivity index (χ3v) is 4.97. The van der Waals surface area contributed by atoms with E-state index in [4.69, 9.17) is 0 Å². The summed E-state index contributed by atoms with van der Waals surface area (Å²) in [6, 6.07) is 4.32. The van der Waals surface area contributed by atoms with E-state index in [2.05, 4.69) is 5.32 Å². The molecule has 1 N–H and O–H groups in total. The van der Waals surface area contributed by atoms with Crippen molar-refractivity contribution in [3.63, 3.8) is 0 Å². The number of rotatable bonds is 4. The fourth-order valence-corrected chi connectivity index (χ4v) is 3.66. The lowest BCUT2D eigenvalue weighted by atomic mass is 9.81. The molecule has 1 aliphatic carbocycles. The number of anilines is 1. The molecule has 1 heterocycles. The number of nitrogens with zero attached hydrogens (tertiary/aromatic N) is 1. The summed E-state index contributed by atoms with van der Waals surface area (Å²) in [5, 5.41) is 2.38. The van der Waals surface area contributed by atoms with Crippen molar-refractivity contribution in [1.82, 2.24) is 4.90 Å². The Labute approximate surface area is 148 Å². The van der Waals surface area contributed by atoms with Crippen molar-refractivity contribution >= 4 is 23.4 Å². The molecule has 2 atom stereocenters. The highest BCUT2D eigenvalue weighted by Gasteiger charge is 2.47. The van der Waals surface area contributed by atoms with E-state index in [9.17, 15) is 27.6 Å². The van der Waals surface area contributed by atoms with Crippen LogP contribution in [0.1, 0.15) is 37.7 Å². The van der Waals surface area contributed by atoms with E-state index in [1.807, 2.05) is 0 Å². The average molecular weight is 368 g/mol. The van der Waals surface area contributed by atoms with Gasteiger partial charge in [-0.2, -0.15) is 13.2 Å². The van der Waals surface area contributed by atoms with Gasteiger partial charge in [0, 0.05) is 18.7 Å². The van der Waals surface area contributed by atoms with Crippen molar-refractivity contribution in [2.24, 2.45) is 11.8 Å². The monoisotopic (exact) mass is 368 g/mol. The summed E-state index contributed by atoms with van der Waals surface area (Å²) in [7, 11) is 0. The highest BCUT2D eigenvalue weighted by Crippen LogP contribution is 2.38. The fraction of sp³-hybridized carbons (Fsp3) is 0.500. The minimum Gasteiger partial charge on any atom is -0.326 e. The summed E-state index contributed by atoms with van der Waals surface area (Å²) in [6.07, 6.45) is -1.41. The van der Waals surface area contributed by atoms with Crippen LogP contribution in [0.3, 0.4) is 0 Å². The Hall–Kier alpha value is -2.38. The normalized spacial score (nSPS) is 23.1. The van der Waals surface area contributed by atoms with Crippen LogP contribution in [0, 0.1) is 11.8 Å². The lowest BCUT2D eigenvalue weighted by Crippen LogP contribution is -2.34. The molecule has 1 saturated heterocycles. The number of likely N-dealkylation sites (tertiary alicyclic amines) is 1. The SMILES string of the molecule is O=C(CCN1C(=O)C2CCCCC2C1=O)Nc1cccc(C(F)(F)F)c1. The predicted octanol–water partition coefficient (Wildman–Crippen LogP) is 3.21. The fourth-order valence-electron chi connectivity index (χ4n) is 3.66. The van der Waals surface area contributed by atoms with E-state index in [0.717, 1.165) is 29.9 Å². The lowest BCUT2D eigenvalue weighted by Gasteiger charge is -2.19. The van der Waals surface area contributed by atoms with Crippen LogP contribution in [-0.2, 0) is 20.6 Å². The van der Waals surface area contributed by atoms with Gasteiger partial charge in [0.05, 0.1) is 17.4 Å². The largest absolute Gasteiger partial charge is 0.416 e. The van der Waals surface area contributed by atoms with Crippen LogP contribution in [0.15, 0.2) is 24.3 Å². The van der Waals surface area contributed by atoms with Gasteiger partial charge in [-0.05, 0) is 31.0 Å². The number of benzene rings is 1. The number of alkyl halides is 3. The zero-order chi connectivity index (χ0) is 18.9. The molecule has 3 rings (SSSR count). The zero-order valence-corrected chi connectivity index (χ0v) is 14.0. The van der Waals surface area contributed by atoms with E-state index in [1.54, 1.807) is 0 Å². The van der Waals surface area contributed by atoms with Crippen LogP contribution >= 0.6 is 0 Å². The first-order valence-electron chi connectivity index (χ1n) is 8.59. The van der Waals surface area contributed by atoms with Gasteiger partial charge < -0.3 is 5.32 Å².